The van der Waals surface area contributed by atoms with Gasteiger partial charge in [-0.3, -0.25) is 4.79 Å². The molecule has 0 aromatic heterocycles. The molecule has 4 rings (SSSR count). The number of hydrogen-bond acceptors (Lipinski definition) is 5. The largest absolute Gasteiger partial charge is 0.475 e. The smallest absolute Gasteiger partial charge is 0.450 e. The van der Waals surface area contributed by atoms with Crippen LogP contribution in [0.5, 0.6) is 0 Å². The first-order valence-electron chi connectivity index (χ1n) is 11.1. The Kier molecular flexibility index (Phi) is 6.70. The maximum atomic E-state index is 14.3. The average molecular weight is 516 g/mol. The van der Waals surface area contributed by atoms with Crippen LogP contribution in [0.15, 0.2) is 94.4 Å². The molecule has 3 aromatic carbocycles. The number of aryl methyl sites for hydroxylation is 1. The highest BCUT2D eigenvalue weighted by atomic mass is 32.2. The molecule has 0 fully saturated rings. The highest BCUT2D eigenvalue weighted by molar-refractivity contribution is 7.95. The van der Waals surface area contributed by atoms with E-state index in [1.807, 2.05) is 0 Å². The van der Waals surface area contributed by atoms with Gasteiger partial charge in [-0.05, 0) is 36.8 Å². The molecule has 3 aromatic rings. The Balaban J connectivity index is 1.95. The summed E-state index contributed by atoms with van der Waals surface area (Å²) in [6.45, 7) is 1.74. The van der Waals surface area contributed by atoms with E-state index in [1.54, 1.807) is 56.3 Å². The number of carbonyl (C=O) groups is 1. The lowest BCUT2D eigenvalue weighted by Crippen LogP contribution is -2.29. The molecule has 2 atom stereocenters. The van der Waals surface area contributed by atoms with Crippen LogP contribution in [0.3, 0.4) is 0 Å². The number of allylic oxidation sites excluding steroid dienone is 1. The first-order chi connectivity index (χ1) is 16.9. The van der Waals surface area contributed by atoms with Crippen LogP contribution in [0, 0.1) is 6.92 Å². The van der Waals surface area contributed by atoms with Crippen molar-refractivity contribution in [2.45, 2.75) is 30.0 Å². The third-order valence-corrected chi connectivity index (χ3v) is 7.93. The Labute approximate surface area is 207 Å². The predicted octanol–water partition coefficient (Wildman–Crippen LogP) is 5.67. The molecule has 9 heteroatoms. The monoisotopic (exact) mass is 515 g/mol. The molecule has 0 spiro atoms. The van der Waals surface area contributed by atoms with Crippen LogP contribution < -0.4 is 4.90 Å². The van der Waals surface area contributed by atoms with Crippen molar-refractivity contribution in [3.63, 3.8) is 0 Å². The summed E-state index contributed by atoms with van der Waals surface area (Å²) in [6, 6.07) is 19.6. The summed E-state index contributed by atoms with van der Waals surface area (Å²) in [7, 11) is -1.10. The number of ketones is 1. The fraction of sp³-hybridized carbons (Fsp3) is 0.222. The van der Waals surface area contributed by atoms with Gasteiger partial charge in [0.05, 0.1) is 10.8 Å². The molecule has 1 aliphatic rings. The molecule has 0 N–H and O–H groups in total. The number of benzene rings is 3. The zero-order valence-electron chi connectivity index (χ0n) is 19.8. The van der Waals surface area contributed by atoms with E-state index in [4.69, 9.17) is 4.74 Å². The van der Waals surface area contributed by atoms with E-state index in [2.05, 4.69) is 0 Å². The molecule has 0 bridgehead atoms. The number of Topliss-reactive ketones (excluding diaryl/α,β-unsaturated/α-hetero) is 1. The Morgan fingerprint density at radius 1 is 0.889 bits per heavy atom. The lowest BCUT2D eigenvalue weighted by atomic mass is 9.89. The van der Waals surface area contributed by atoms with E-state index >= 15 is 0 Å². The molecular weight excluding hydrogens is 491 g/mol. The number of rotatable bonds is 6. The molecule has 188 valence electrons. The summed E-state index contributed by atoms with van der Waals surface area (Å²) < 4.78 is 75.4. The fourth-order valence-electron chi connectivity index (χ4n) is 4.15. The second-order valence-electron chi connectivity index (χ2n) is 8.74. The summed E-state index contributed by atoms with van der Waals surface area (Å²) >= 11 is 0. The summed E-state index contributed by atoms with van der Waals surface area (Å²) in [5.74, 6) is -3.91. The van der Waals surface area contributed by atoms with E-state index in [0.717, 1.165) is 11.3 Å². The zero-order chi connectivity index (χ0) is 26.3. The van der Waals surface area contributed by atoms with E-state index in [9.17, 15) is 26.4 Å². The molecule has 0 amide bonds. The molecule has 0 unspecified atom stereocenters. The first kappa shape index (κ1) is 25.5. The van der Waals surface area contributed by atoms with Crippen LogP contribution in [-0.2, 0) is 14.6 Å². The minimum atomic E-state index is -5.14. The van der Waals surface area contributed by atoms with Gasteiger partial charge in [-0.25, -0.2) is 8.42 Å². The van der Waals surface area contributed by atoms with Gasteiger partial charge in [0.25, 0.3) is 0 Å². The number of nitrogens with zero attached hydrogens (tertiary/aromatic N) is 1. The topological polar surface area (TPSA) is 63.7 Å². The summed E-state index contributed by atoms with van der Waals surface area (Å²) in [6.07, 6.45) is -6.86. The first-order valence-corrected chi connectivity index (χ1v) is 12.6. The SMILES string of the molecule is Cc1ccc(S(=O)(=O)C2=C(C(F)(F)F)O[C@@H](C(=O)c3ccccc3)[C@@H]2c2ccc(N(C)C)cc2)cc1. The standard InChI is InChI=1S/C27H24F3NO4S/c1-17-9-15-21(16-10-17)36(33,34)25-22(18-11-13-20(14-12-18)31(2)3)24(35-26(25)27(28,29)30)23(32)19-7-5-4-6-8-19/h4-16,22,24H,1-3H3/t22-,24+/m0/s1. The summed E-state index contributed by atoms with van der Waals surface area (Å²) in [5.41, 5.74) is 1.84. The van der Waals surface area contributed by atoms with Crippen molar-refractivity contribution in [3.8, 4) is 0 Å². The van der Waals surface area contributed by atoms with Crippen LogP contribution >= 0.6 is 0 Å². The van der Waals surface area contributed by atoms with Crippen LogP contribution in [0.4, 0.5) is 18.9 Å². The minimum absolute atomic E-state index is 0.118. The van der Waals surface area contributed by atoms with E-state index in [-0.39, 0.29) is 16.0 Å². The Bertz CT molecular complexity index is 1400. The third kappa shape index (κ3) is 4.75. The molecule has 5 nitrogen and oxygen atoms in total. The second-order valence-corrected chi connectivity index (χ2v) is 10.7. The van der Waals surface area contributed by atoms with Gasteiger partial charge >= 0.3 is 6.18 Å². The maximum absolute atomic E-state index is 14.3. The number of carbonyl (C=O) groups excluding carboxylic acids is 1. The minimum Gasteiger partial charge on any atom is -0.475 e. The van der Waals surface area contributed by atoms with Gasteiger partial charge in [0.2, 0.25) is 21.4 Å². The highest BCUT2D eigenvalue weighted by Gasteiger charge is 2.55. The van der Waals surface area contributed by atoms with Crippen molar-refractivity contribution in [1.82, 2.24) is 0 Å². The molecule has 1 heterocycles. The normalized spacial score (nSPS) is 18.2. The number of anilines is 1. The van der Waals surface area contributed by atoms with Crippen molar-refractivity contribution in [2.24, 2.45) is 0 Å². The van der Waals surface area contributed by atoms with Gasteiger partial charge in [0.1, 0.15) is 4.91 Å². The Morgan fingerprint density at radius 3 is 2.00 bits per heavy atom. The summed E-state index contributed by atoms with van der Waals surface area (Å²) in [4.78, 5) is 13.9. The maximum Gasteiger partial charge on any atom is 0.450 e. The average Bonchev–Trinajstić information content (AvgIpc) is 3.27. The number of ether oxygens (including phenoxy) is 1. The van der Waals surface area contributed by atoms with Gasteiger partial charge < -0.3 is 9.64 Å². The molecular formula is C27H24F3NO4S. The molecule has 1 aliphatic heterocycles. The fourth-order valence-corrected chi connectivity index (χ4v) is 5.90. The van der Waals surface area contributed by atoms with E-state index in [1.165, 1.54) is 48.5 Å². The van der Waals surface area contributed by atoms with Crippen LogP contribution in [-0.4, -0.2) is 40.6 Å². The lowest BCUT2D eigenvalue weighted by molar-refractivity contribution is -0.131. The number of alkyl halides is 3. The van der Waals surface area contributed by atoms with Gasteiger partial charge in [-0.1, -0.05) is 60.2 Å². The number of sulfone groups is 1. The Hall–Kier alpha value is -3.59. The highest BCUT2D eigenvalue weighted by Crippen LogP contribution is 2.49. The van der Waals surface area contributed by atoms with Crippen molar-refractivity contribution >= 4 is 21.3 Å². The van der Waals surface area contributed by atoms with Crippen LogP contribution in [0.1, 0.15) is 27.4 Å². The zero-order valence-corrected chi connectivity index (χ0v) is 20.6. The van der Waals surface area contributed by atoms with Gasteiger partial charge in [0.15, 0.2) is 6.10 Å². The predicted molar refractivity (Wildman–Crippen MR) is 131 cm³/mol. The van der Waals surface area contributed by atoms with Crippen molar-refractivity contribution in [1.29, 1.82) is 0 Å². The van der Waals surface area contributed by atoms with Crippen molar-refractivity contribution in [2.75, 3.05) is 19.0 Å². The van der Waals surface area contributed by atoms with Crippen LogP contribution in [0.2, 0.25) is 0 Å². The molecule has 0 saturated carbocycles. The molecule has 36 heavy (non-hydrogen) atoms. The van der Waals surface area contributed by atoms with E-state index < -0.39 is 44.5 Å². The van der Waals surface area contributed by atoms with Crippen LogP contribution in [0.25, 0.3) is 0 Å². The third-order valence-electron chi connectivity index (χ3n) is 6.02. The molecule has 0 radical (unpaired) electrons. The van der Waals surface area contributed by atoms with Gasteiger partial charge in [-0.2, -0.15) is 13.2 Å². The lowest BCUT2D eigenvalue weighted by Gasteiger charge is -2.22. The molecule has 0 saturated heterocycles. The Morgan fingerprint density at radius 2 is 1.47 bits per heavy atom. The van der Waals surface area contributed by atoms with Crippen molar-refractivity contribution in [3.05, 3.63) is 106 Å². The van der Waals surface area contributed by atoms with Gasteiger partial charge in [-0.15, -0.1) is 0 Å². The van der Waals surface area contributed by atoms with E-state index in [0.29, 0.717) is 0 Å². The number of halogens is 3. The number of hydrogen-bond donors (Lipinski definition) is 0. The van der Waals surface area contributed by atoms with Crippen molar-refractivity contribution < 1.29 is 31.1 Å². The quantitative estimate of drug-likeness (QED) is 0.396. The molecule has 0 aliphatic carbocycles. The summed E-state index contributed by atoms with van der Waals surface area (Å²) in [5, 5.41) is 0. The second kappa shape index (κ2) is 9.46. The van der Waals surface area contributed by atoms with Gasteiger partial charge in [0, 0.05) is 25.3 Å².